The van der Waals surface area contributed by atoms with Crippen LogP contribution in [0.5, 0.6) is 0 Å². The van der Waals surface area contributed by atoms with E-state index in [9.17, 15) is 14.4 Å². The van der Waals surface area contributed by atoms with Crippen molar-refractivity contribution in [2.45, 2.75) is 67.0 Å². The number of carbonyl (C=O) groups excluding carboxylic acids is 3. The van der Waals surface area contributed by atoms with Crippen molar-refractivity contribution in [1.82, 2.24) is 10.2 Å². The Balaban J connectivity index is 2.38. The largest absolute Gasteiger partial charge is 0.444 e. The molecular formula is C27H37N3O4. The van der Waals surface area contributed by atoms with Crippen molar-refractivity contribution in [1.29, 1.82) is 0 Å². The number of likely N-dealkylation sites (N-methyl/N-ethyl adjacent to an activating group) is 1. The van der Waals surface area contributed by atoms with Crippen molar-refractivity contribution in [2.75, 3.05) is 18.4 Å². The van der Waals surface area contributed by atoms with Crippen molar-refractivity contribution in [3.8, 4) is 0 Å². The summed E-state index contributed by atoms with van der Waals surface area (Å²) < 4.78 is 5.23. The zero-order valence-corrected chi connectivity index (χ0v) is 21.5. The fourth-order valence-corrected chi connectivity index (χ4v) is 3.85. The second kappa shape index (κ2) is 11.2. The molecule has 7 heteroatoms. The number of anilines is 1. The molecule has 0 heterocycles. The first-order chi connectivity index (χ1) is 15.8. The number of carbonyl (C=O) groups is 3. The maximum Gasteiger partial charge on any atom is 0.408 e. The van der Waals surface area contributed by atoms with E-state index in [0.717, 1.165) is 33.5 Å². The van der Waals surface area contributed by atoms with Gasteiger partial charge in [-0.2, -0.15) is 0 Å². The number of hydrogen-bond acceptors (Lipinski definition) is 4. The number of nitrogens with one attached hydrogen (secondary N) is 2. The van der Waals surface area contributed by atoms with Crippen LogP contribution in [0.1, 0.15) is 61.6 Å². The van der Waals surface area contributed by atoms with Gasteiger partial charge in [-0.25, -0.2) is 4.79 Å². The fraction of sp³-hybridized carbons (Fsp3) is 0.444. The summed E-state index contributed by atoms with van der Waals surface area (Å²) in [5.74, 6) is -0.688. The summed E-state index contributed by atoms with van der Waals surface area (Å²) in [4.78, 5) is 40.4. The molecule has 34 heavy (non-hydrogen) atoms. The molecule has 7 nitrogen and oxygen atoms in total. The first-order valence-electron chi connectivity index (χ1n) is 11.5. The van der Waals surface area contributed by atoms with Gasteiger partial charge in [-0.15, -0.1) is 0 Å². The molecule has 184 valence electrons. The zero-order valence-electron chi connectivity index (χ0n) is 21.5. The second-order valence-electron chi connectivity index (χ2n) is 9.55. The molecule has 0 bridgehead atoms. The third-order valence-corrected chi connectivity index (χ3v) is 5.45. The molecule has 0 aliphatic rings. The van der Waals surface area contributed by atoms with Crippen molar-refractivity contribution >= 4 is 23.6 Å². The number of aryl methyl sites for hydroxylation is 4. The minimum Gasteiger partial charge on any atom is -0.444 e. The number of benzene rings is 2. The van der Waals surface area contributed by atoms with Crippen LogP contribution in [-0.4, -0.2) is 41.5 Å². The van der Waals surface area contributed by atoms with Gasteiger partial charge in [-0.3, -0.25) is 9.59 Å². The molecule has 1 unspecified atom stereocenters. The molecule has 0 aliphatic heterocycles. The molecule has 0 radical (unpaired) electrons. The highest BCUT2D eigenvalue weighted by molar-refractivity contribution is 5.99. The number of amides is 3. The summed E-state index contributed by atoms with van der Waals surface area (Å²) in [5.41, 5.74) is 4.65. The van der Waals surface area contributed by atoms with Crippen LogP contribution < -0.4 is 10.6 Å². The third kappa shape index (κ3) is 7.07. The maximum absolute atomic E-state index is 13.7. The van der Waals surface area contributed by atoms with E-state index < -0.39 is 17.7 Å². The summed E-state index contributed by atoms with van der Waals surface area (Å²) in [5, 5.41) is 5.55. The van der Waals surface area contributed by atoms with Crippen molar-refractivity contribution in [3.63, 3.8) is 0 Å². The first kappa shape index (κ1) is 26.9. The Labute approximate surface area is 202 Å². The molecule has 0 aromatic heterocycles. The predicted octanol–water partition coefficient (Wildman–Crippen LogP) is 4.97. The van der Waals surface area contributed by atoms with Gasteiger partial charge in [-0.05, 0) is 77.6 Å². The smallest absolute Gasteiger partial charge is 0.408 e. The van der Waals surface area contributed by atoms with Gasteiger partial charge in [0.1, 0.15) is 18.2 Å². The van der Waals surface area contributed by atoms with Gasteiger partial charge in [-0.1, -0.05) is 42.0 Å². The first-order valence-corrected chi connectivity index (χ1v) is 11.5. The van der Waals surface area contributed by atoms with Crippen molar-refractivity contribution in [3.05, 3.63) is 64.2 Å². The van der Waals surface area contributed by atoms with Crippen LogP contribution in [0.2, 0.25) is 0 Å². The van der Waals surface area contributed by atoms with Crippen LogP contribution >= 0.6 is 0 Å². The lowest BCUT2D eigenvalue weighted by molar-refractivity contribution is -0.138. The molecule has 0 spiro atoms. The second-order valence-corrected chi connectivity index (χ2v) is 9.55. The quantitative estimate of drug-likeness (QED) is 0.602. The standard InChI is InChI=1S/C27H37N3O4/c1-9-30(22(31)16-28-26(33)34-27(6,7)8)24(21-14-13-17(2)15-20(21)5)25(32)29-23-18(3)11-10-12-19(23)4/h10-15,24H,9,16H2,1-8H3,(H,28,33)(H,29,32). The summed E-state index contributed by atoms with van der Waals surface area (Å²) in [6, 6.07) is 10.7. The van der Waals surface area contributed by atoms with Crippen molar-refractivity contribution in [2.24, 2.45) is 0 Å². The molecule has 2 rings (SSSR count). The highest BCUT2D eigenvalue weighted by Gasteiger charge is 2.32. The molecule has 3 amide bonds. The van der Waals surface area contributed by atoms with Crippen molar-refractivity contribution < 1.29 is 19.1 Å². The number of hydrogen-bond donors (Lipinski definition) is 2. The number of ether oxygens (including phenoxy) is 1. The molecule has 2 aromatic rings. The summed E-state index contributed by atoms with van der Waals surface area (Å²) in [6.45, 7) is 14.9. The Morgan fingerprint density at radius 1 is 0.971 bits per heavy atom. The topological polar surface area (TPSA) is 87.7 Å². The number of alkyl carbamates (subject to hydrolysis) is 1. The Bertz CT molecular complexity index is 1040. The molecular weight excluding hydrogens is 430 g/mol. The third-order valence-electron chi connectivity index (χ3n) is 5.45. The lowest BCUT2D eigenvalue weighted by Gasteiger charge is -2.32. The fourth-order valence-electron chi connectivity index (χ4n) is 3.85. The number of rotatable bonds is 7. The number of para-hydroxylation sites is 1. The highest BCUT2D eigenvalue weighted by atomic mass is 16.6. The van der Waals surface area contributed by atoms with E-state index in [2.05, 4.69) is 10.6 Å². The van der Waals surface area contributed by atoms with Crippen LogP contribution in [-0.2, 0) is 14.3 Å². The van der Waals surface area contributed by atoms with E-state index >= 15 is 0 Å². The molecule has 2 aromatic carbocycles. The van der Waals surface area contributed by atoms with E-state index in [1.54, 1.807) is 20.8 Å². The monoisotopic (exact) mass is 467 g/mol. The molecule has 0 aliphatic carbocycles. The van der Waals surface area contributed by atoms with Crippen LogP contribution in [0.4, 0.5) is 10.5 Å². The van der Waals surface area contributed by atoms with Gasteiger partial charge in [0.05, 0.1) is 0 Å². The zero-order chi connectivity index (χ0) is 25.6. The van der Waals surface area contributed by atoms with Crippen LogP contribution in [0, 0.1) is 27.7 Å². The Kier molecular flexibility index (Phi) is 8.85. The van der Waals surface area contributed by atoms with Gasteiger partial charge < -0.3 is 20.3 Å². The molecule has 2 N–H and O–H groups in total. The maximum atomic E-state index is 13.7. The minimum absolute atomic E-state index is 0.277. The predicted molar refractivity (Wildman–Crippen MR) is 135 cm³/mol. The average molecular weight is 468 g/mol. The van der Waals surface area contributed by atoms with Gasteiger partial charge in [0.2, 0.25) is 5.91 Å². The summed E-state index contributed by atoms with van der Waals surface area (Å²) >= 11 is 0. The molecule has 0 saturated carbocycles. The SMILES string of the molecule is CCN(C(=O)CNC(=O)OC(C)(C)C)C(C(=O)Nc1c(C)cccc1C)c1ccc(C)cc1C. The van der Waals surface area contributed by atoms with Gasteiger partial charge >= 0.3 is 6.09 Å². The highest BCUT2D eigenvalue weighted by Crippen LogP contribution is 2.28. The van der Waals surface area contributed by atoms with Gasteiger partial charge in [0.25, 0.3) is 5.91 Å². The molecule has 0 fully saturated rings. The van der Waals surface area contributed by atoms with Crippen LogP contribution in [0.25, 0.3) is 0 Å². The van der Waals surface area contributed by atoms with Crippen LogP contribution in [0.3, 0.4) is 0 Å². The molecule has 1 atom stereocenters. The normalized spacial score (nSPS) is 12.0. The van der Waals surface area contributed by atoms with Gasteiger partial charge in [0, 0.05) is 12.2 Å². The minimum atomic E-state index is -0.863. The van der Waals surface area contributed by atoms with E-state index in [-0.39, 0.29) is 24.9 Å². The Hall–Kier alpha value is -3.35. The van der Waals surface area contributed by atoms with Crippen LogP contribution in [0.15, 0.2) is 36.4 Å². The molecule has 0 saturated heterocycles. The Morgan fingerprint density at radius 3 is 2.12 bits per heavy atom. The van der Waals surface area contributed by atoms with E-state index in [4.69, 9.17) is 4.74 Å². The average Bonchev–Trinajstić information content (AvgIpc) is 2.72. The number of nitrogens with zero attached hydrogens (tertiary/aromatic N) is 1. The van der Waals surface area contributed by atoms with E-state index in [1.165, 1.54) is 4.90 Å². The summed E-state index contributed by atoms with van der Waals surface area (Å²) in [7, 11) is 0. The Morgan fingerprint density at radius 2 is 1.59 bits per heavy atom. The van der Waals surface area contributed by atoms with E-state index in [0.29, 0.717) is 0 Å². The lowest BCUT2D eigenvalue weighted by atomic mass is 9.96. The summed E-state index contributed by atoms with van der Waals surface area (Å²) in [6.07, 6.45) is -0.681. The van der Waals surface area contributed by atoms with E-state index in [1.807, 2.05) is 71.0 Å². The van der Waals surface area contributed by atoms with Gasteiger partial charge in [0.15, 0.2) is 0 Å². The lowest BCUT2D eigenvalue weighted by Crippen LogP contribution is -2.46.